The third-order valence-corrected chi connectivity index (χ3v) is 7.60. The summed E-state index contributed by atoms with van der Waals surface area (Å²) in [6, 6.07) is 1.30. The Kier molecular flexibility index (Phi) is 6.66. The molecular formula is C23H37N5O3. The Labute approximate surface area is 185 Å². The minimum atomic E-state index is -0.734. The van der Waals surface area contributed by atoms with Gasteiger partial charge in [0, 0.05) is 31.1 Å². The second-order valence-electron chi connectivity index (χ2n) is 10.5. The summed E-state index contributed by atoms with van der Waals surface area (Å²) >= 11 is 0. The molecule has 0 bridgehead atoms. The van der Waals surface area contributed by atoms with E-state index in [-0.39, 0.29) is 53.6 Å². The molecule has 31 heavy (non-hydrogen) atoms. The van der Waals surface area contributed by atoms with Crippen LogP contribution in [0.5, 0.6) is 0 Å². The van der Waals surface area contributed by atoms with Gasteiger partial charge in [-0.3, -0.25) is 19.3 Å². The molecule has 5 atom stereocenters. The first-order valence-electron chi connectivity index (χ1n) is 11.5. The summed E-state index contributed by atoms with van der Waals surface area (Å²) in [5.74, 6) is -0.191. The summed E-state index contributed by atoms with van der Waals surface area (Å²) in [5, 5.41) is 15.2. The van der Waals surface area contributed by atoms with Gasteiger partial charge in [-0.15, -0.1) is 0 Å². The summed E-state index contributed by atoms with van der Waals surface area (Å²) in [4.78, 5) is 42.2. The SMILES string of the molecule is CC(C)N(CC(=O)N1C[C@H]2[C@@H]([C@H]1C(=O)N[C@H](C#N)C[C@@H]1CCNC1=O)C2(C)C)C(C)C. The van der Waals surface area contributed by atoms with E-state index in [9.17, 15) is 19.6 Å². The van der Waals surface area contributed by atoms with Crippen LogP contribution in [-0.4, -0.2) is 71.3 Å². The number of hydrogen-bond donors (Lipinski definition) is 2. The summed E-state index contributed by atoms with van der Waals surface area (Å²) in [5.41, 5.74) is 0.0159. The van der Waals surface area contributed by atoms with Gasteiger partial charge in [0.1, 0.15) is 12.1 Å². The fourth-order valence-electron chi connectivity index (χ4n) is 5.61. The molecule has 3 fully saturated rings. The third kappa shape index (κ3) is 4.57. The highest BCUT2D eigenvalue weighted by Gasteiger charge is 2.69. The van der Waals surface area contributed by atoms with Gasteiger partial charge in [0.15, 0.2) is 0 Å². The molecule has 2 saturated heterocycles. The molecule has 2 aliphatic heterocycles. The summed E-state index contributed by atoms with van der Waals surface area (Å²) in [6.07, 6.45) is 0.986. The Bertz CT molecular complexity index is 764. The fraction of sp³-hybridized carbons (Fsp3) is 0.826. The van der Waals surface area contributed by atoms with Gasteiger partial charge in [-0.05, 0) is 57.8 Å². The Morgan fingerprint density at radius 3 is 2.45 bits per heavy atom. The first-order valence-corrected chi connectivity index (χ1v) is 11.5. The minimum Gasteiger partial charge on any atom is -0.356 e. The number of nitrogens with one attached hydrogen (secondary N) is 2. The van der Waals surface area contributed by atoms with Crippen LogP contribution in [0.3, 0.4) is 0 Å². The maximum atomic E-state index is 13.3. The average Bonchev–Trinajstić information content (AvgIpc) is 3.05. The van der Waals surface area contributed by atoms with E-state index in [0.29, 0.717) is 31.8 Å². The summed E-state index contributed by atoms with van der Waals surface area (Å²) < 4.78 is 0. The molecule has 8 heteroatoms. The molecule has 1 saturated carbocycles. The predicted molar refractivity (Wildman–Crippen MR) is 117 cm³/mol. The second kappa shape index (κ2) is 8.78. The van der Waals surface area contributed by atoms with Crippen LogP contribution in [0.4, 0.5) is 0 Å². The maximum absolute atomic E-state index is 13.3. The van der Waals surface area contributed by atoms with E-state index < -0.39 is 12.1 Å². The van der Waals surface area contributed by atoms with Crippen molar-refractivity contribution in [1.29, 1.82) is 5.26 Å². The molecule has 0 radical (unpaired) electrons. The molecule has 1 aliphatic carbocycles. The van der Waals surface area contributed by atoms with Crippen molar-refractivity contribution in [2.75, 3.05) is 19.6 Å². The van der Waals surface area contributed by atoms with Crippen LogP contribution >= 0.6 is 0 Å². The highest BCUT2D eigenvalue weighted by molar-refractivity contribution is 5.90. The van der Waals surface area contributed by atoms with Gasteiger partial charge in [0.25, 0.3) is 0 Å². The number of piperidine rings is 1. The first kappa shape index (κ1) is 23.5. The molecule has 3 amide bonds. The first-order chi connectivity index (χ1) is 14.5. The van der Waals surface area contributed by atoms with Crippen molar-refractivity contribution in [1.82, 2.24) is 20.4 Å². The normalized spacial score (nSPS) is 29.7. The number of carbonyl (C=O) groups excluding carboxylic acids is 3. The molecule has 2 heterocycles. The molecule has 2 N–H and O–H groups in total. The molecule has 3 rings (SSSR count). The fourth-order valence-corrected chi connectivity index (χ4v) is 5.61. The van der Waals surface area contributed by atoms with Crippen LogP contribution < -0.4 is 10.6 Å². The third-order valence-electron chi connectivity index (χ3n) is 7.60. The molecule has 172 valence electrons. The zero-order chi connectivity index (χ0) is 23.1. The van der Waals surface area contributed by atoms with Crippen LogP contribution in [0.25, 0.3) is 0 Å². The van der Waals surface area contributed by atoms with E-state index in [2.05, 4.69) is 63.1 Å². The summed E-state index contributed by atoms with van der Waals surface area (Å²) in [6.45, 7) is 14.0. The largest absolute Gasteiger partial charge is 0.356 e. The highest BCUT2D eigenvalue weighted by Crippen LogP contribution is 2.64. The number of nitriles is 1. The molecule has 0 aromatic rings. The standard InChI is InChI=1S/C23H37N5O3/c1-13(2)27(14(3)4)12-18(29)28-11-17-19(23(17,5)6)20(28)22(31)26-16(10-24)9-15-7-8-25-21(15)30/h13-17,19-20H,7-9,11-12H2,1-6H3,(H,25,30)(H,26,31)/t15-,16-,17-,19-,20-/m0/s1. The predicted octanol–water partition coefficient (Wildman–Crippen LogP) is 1.12. The smallest absolute Gasteiger partial charge is 0.244 e. The number of carbonyl (C=O) groups is 3. The lowest BCUT2D eigenvalue weighted by molar-refractivity contribution is -0.142. The van der Waals surface area contributed by atoms with Crippen molar-refractivity contribution in [2.45, 2.75) is 78.6 Å². The van der Waals surface area contributed by atoms with Crippen molar-refractivity contribution >= 4 is 17.7 Å². The zero-order valence-corrected chi connectivity index (χ0v) is 19.6. The van der Waals surface area contributed by atoms with Crippen molar-refractivity contribution in [2.24, 2.45) is 23.2 Å². The monoisotopic (exact) mass is 431 g/mol. The van der Waals surface area contributed by atoms with Crippen LogP contribution in [0.2, 0.25) is 0 Å². The maximum Gasteiger partial charge on any atom is 0.244 e. The number of amides is 3. The van der Waals surface area contributed by atoms with Crippen molar-refractivity contribution in [3.05, 3.63) is 0 Å². The Morgan fingerprint density at radius 1 is 1.29 bits per heavy atom. The van der Waals surface area contributed by atoms with Crippen LogP contribution in [0.1, 0.15) is 54.4 Å². The van der Waals surface area contributed by atoms with E-state index in [1.165, 1.54) is 0 Å². The molecule has 8 nitrogen and oxygen atoms in total. The number of hydrogen-bond acceptors (Lipinski definition) is 5. The average molecular weight is 432 g/mol. The van der Waals surface area contributed by atoms with Gasteiger partial charge in [0.05, 0.1) is 12.6 Å². The zero-order valence-electron chi connectivity index (χ0n) is 19.6. The van der Waals surface area contributed by atoms with E-state index in [1.807, 2.05) is 0 Å². The van der Waals surface area contributed by atoms with Crippen LogP contribution in [-0.2, 0) is 14.4 Å². The number of fused-ring (bicyclic) bond motifs is 1. The topological polar surface area (TPSA) is 106 Å². The number of rotatable bonds is 8. The molecule has 0 aromatic heterocycles. The molecule has 0 unspecified atom stereocenters. The van der Waals surface area contributed by atoms with E-state index in [4.69, 9.17) is 0 Å². The van der Waals surface area contributed by atoms with E-state index in [1.54, 1.807) is 4.90 Å². The Hall–Kier alpha value is -2.14. The van der Waals surface area contributed by atoms with Gasteiger partial charge in [-0.25, -0.2) is 0 Å². The Balaban J connectivity index is 1.71. The molecule has 0 spiro atoms. The quantitative estimate of drug-likeness (QED) is 0.599. The lowest BCUT2D eigenvalue weighted by Gasteiger charge is -2.35. The van der Waals surface area contributed by atoms with Crippen molar-refractivity contribution in [3.8, 4) is 6.07 Å². The molecular weight excluding hydrogens is 394 g/mol. The van der Waals surface area contributed by atoms with E-state index >= 15 is 0 Å². The van der Waals surface area contributed by atoms with Gasteiger partial charge in [-0.1, -0.05) is 13.8 Å². The van der Waals surface area contributed by atoms with Gasteiger partial charge < -0.3 is 15.5 Å². The molecule has 0 aromatic carbocycles. The lowest BCUT2D eigenvalue weighted by atomic mass is 9.97. The van der Waals surface area contributed by atoms with E-state index in [0.717, 1.165) is 0 Å². The lowest BCUT2D eigenvalue weighted by Crippen LogP contribution is -2.55. The van der Waals surface area contributed by atoms with Gasteiger partial charge >= 0.3 is 0 Å². The van der Waals surface area contributed by atoms with Crippen molar-refractivity contribution < 1.29 is 14.4 Å². The number of likely N-dealkylation sites (tertiary alicyclic amines) is 1. The van der Waals surface area contributed by atoms with Crippen LogP contribution in [0.15, 0.2) is 0 Å². The van der Waals surface area contributed by atoms with Gasteiger partial charge in [0.2, 0.25) is 17.7 Å². The summed E-state index contributed by atoms with van der Waals surface area (Å²) in [7, 11) is 0. The van der Waals surface area contributed by atoms with Crippen molar-refractivity contribution in [3.63, 3.8) is 0 Å². The molecule has 3 aliphatic rings. The van der Waals surface area contributed by atoms with Crippen LogP contribution in [0, 0.1) is 34.5 Å². The van der Waals surface area contributed by atoms with Gasteiger partial charge in [-0.2, -0.15) is 5.26 Å². The highest BCUT2D eigenvalue weighted by atomic mass is 16.2. The number of nitrogens with zero attached hydrogens (tertiary/aromatic N) is 3. The Morgan fingerprint density at radius 2 is 1.94 bits per heavy atom. The minimum absolute atomic E-state index is 0.0159. The second-order valence-corrected chi connectivity index (χ2v) is 10.5.